The highest BCUT2D eigenvalue weighted by Gasteiger charge is 2.11. The van der Waals surface area contributed by atoms with Crippen molar-refractivity contribution >= 4 is 28.7 Å². The molecule has 0 atom stereocenters. The van der Waals surface area contributed by atoms with Crippen molar-refractivity contribution in [3.05, 3.63) is 83.9 Å². The van der Waals surface area contributed by atoms with E-state index in [9.17, 15) is 9.59 Å². The molecule has 5 nitrogen and oxygen atoms in total. The van der Waals surface area contributed by atoms with Crippen LogP contribution in [0.25, 0.3) is 16.8 Å². The van der Waals surface area contributed by atoms with E-state index in [1.165, 1.54) is 11.0 Å². The number of benzene rings is 3. The van der Waals surface area contributed by atoms with Crippen LogP contribution in [0.5, 0.6) is 5.75 Å². The second kappa shape index (κ2) is 9.55. The van der Waals surface area contributed by atoms with Crippen molar-refractivity contribution < 1.29 is 19.1 Å². The van der Waals surface area contributed by atoms with Gasteiger partial charge in [0.05, 0.1) is 7.11 Å². The summed E-state index contributed by atoms with van der Waals surface area (Å²) in [5.41, 5.74) is 1.88. The van der Waals surface area contributed by atoms with Crippen LogP contribution in [0, 0.1) is 0 Å². The molecule has 29 heavy (non-hydrogen) atoms. The Morgan fingerprint density at radius 3 is 2.45 bits per heavy atom. The molecule has 0 fully saturated rings. The minimum absolute atomic E-state index is 0.254. The van der Waals surface area contributed by atoms with E-state index in [1.807, 2.05) is 66.7 Å². The Morgan fingerprint density at radius 1 is 0.966 bits per heavy atom. The van der Waals surface area contributed by atoms with Gasteiger partial charge in [-0.2, -0.15) is 0 Å². The molecule has 148 valence electrons. The van der Waals surface area contributed by atoms with Crippen molar-refractivity contribution in [1.29, 1.82) is 0 Å². The van der Waals surface area contributed by atoms with Gasteiger partial charge >= 0.3 is 5.97 Å². The number of amides is 1. The lowest BCUT2D eigenvalue weighted by molar-refractivity contribution is -0.147. The third-order valence-corrected chi connectivity index (χ3v) is 4.51. The largest absolute Gasteiger partial charge is 0.497 e. The summed E-state index contributed by atoms with van der Waals surface area (Å²) < 4.78 is 10.3. The molecule has 5 heteroatoms. The minimum Gasteiger partial charge on any atom is -0.497 e. The number of hydrogen-bond donors (Lipinski definition) is 0. The number of ether oxygens (including phenoxy) is 2. The molecule has 3 aromatic carbocycles. The molecule has 0 aliphatic rings. The van der Waals surface area contributed by atoms with Gasteiger partial charge in [-0.25, -0.2) is 4.79 Å². The third kappa shape index (κ3) is 5.69. The maximum atomic E-state index is 12.1. The predicted octanol–water partition coefficient (Wildman–Crippen LogP) is 4.06. The lowest BCUT2D eigenvalue weighted by Gasteiger charge is -2.16. The maximum absolute atomic E-state index is 12.1. The molecule has 0 heterocycles. The Hall–Kier alpha value is -3.60. The second-order valence-electron chi connectivity index (χ2n) is 6.65. The summed E-state index contributed by atoms with van der Waals surface area (Å²) in [7, 11) is 3.32. The zero-order valence-corrected chi connectivity index (χ0v) is 16.5. The summed E-state index contributed by atoms with van der Waals surface area (Å²) in [6.07, 6.45) is 3.00. The lowest BCUT2D eigenvalue weighted by Crippen LogP contribution is -2.30. The Labute approximate surface area is 170 Å². The van der Waals surface area contributed by atoms with Gasteiger partial charge in [-0.15, -0.1) is 0 Å². The number of nitrogens with zero attached hydrogens (tertiary/aromatic N) is 1. The van der Waals surface area contributed by atoms with Gasteiger partial charge in [0.2, 0.25) is 0 Å². The van der Waals surface area contributed by atoms with E-state index in [1.54, 1.807) is 20.2 Å². The van der Waals surface area contributed by atoms with Crippen molar-refractivity contribution in [2.75, 3.05) is 20.8 Å². The highest BCUT2D eigenvalue weighted by molar-refractivity contribution is 5.91. The monoisotopic (exact) mass is 389 g/mol. The number of fused-ring (bicyclic) bond motifs is 1. The van der Waals surface area contributed by atoms with Crippen molar-refractivity contribution in [3.8, 4) is 5.75 Å². The minimum atomic E-state index is -0.554. The van der Waals surface area contributed by atoms with Gasteiger partial charge < -0.3 is 14.4 Å². The van der Waals surface area contributed by atoms with E-state index in [0.717, 1.165) is 27.6 Å². The Morgan fingerprint density at radius 2 is 1.69 bits per heavy atom. The second-order valence-corrected chi connectivity index (χ2v) is 6.65. The summed E-state index contributed by atoms with van der Waals surface area (Å²) in [5, 5.41) is 2.09. The van der Waals surface area contributed by atoms with Crippen LogP contribution >= 0.6 is 0 Å². The molecule has 0 aromatic heterocycles. The molecule has 3 rings (SSSR count). The van der Waals surface area contributed by atoms with Gasteiger partial charge in [0.15, 0.2) is 6.61 Å². The van der Waals surface area contributed by atoms with Crippen LogP contribution < -0.4 is 4.74 Å². The number of hydrogen-bond acceptors (Lipinski definition) is 4. The topological polar surface area (TPSA) is 55.8 Å². The van der Waals surface area contributed by atoms with E-state index in [4.69, 9.17) is 9.47 Å². The average Bonchev–Trinajstić information content (AvgIpc) is 2.76. The third-order valence-electron chi connectivity index (χ3n) is 4.51. The van der Waals surface area contributed by atoms with E-state index >= 15 is 0 Å². The molecule has 0 radical (unpaired) electrons. The quantitative estimate of drug-likeness (QED) is 0.452. The smallest absolute Gasteiger partial charge is 0.331 e. The molecular formula is C24H23NO4. The molecule has 1 amide bonds. The van der Waals surface area contributed by atoms with Gasteiger partial charge in [-0.1, -0.05) is 48.5 Å². The predicted molar refractivity (Wildman–Crippen MR) is 113 cm³/mol. The van der Waals surface area contributed by atoms with Crippen LogP contribution in [0.15, 0.2) is 72.8 Å². The normalized spacial score (nSPS) is 10.8. The molecule has 0 aliphatic heterocycles. The van der Waals surface area contributed by atoms with E-state index in [-0.39, 0.29) is 12.5 Å². The fourth-order valence-electron chi connectivity index (χ4n) is 2.87. The first-order valence-electron chi connectivity index (χ1n) is 9.26. The van der Waals surface area contributed by atoms with Crippen LogP contribution in [0.3, 0.4) is 0 Å². The van der Waals surface area contributed by atoms with Crippen LogP contribution in [0.1, 0.15) is 11.1 Å². The van der Waals surface area contributed by atoms with Crippen LogP contribution in [-0.4, -0.2) is 37.5 Å². The summed E-state index contributed by atoms with van der Waals surface area (Å²) in [6, 6.07) is 21.3. The van der Waals surface area contributed by atoms with E-state index in [0.29, 0.717) is 6.54 Å². The average molecular weight is 389 g/mol. The number of carbonyl (C=O) groups excluding carboxylic acids is 2. The standard InChI is InChI=1S/C24H23NO4/c1-25(16-19-6-4-3-5-7-19)23(26)17-29-24(27)13-9-18-8-10-21-15-22(28-2)12-11-20(21)14-18/h3-15H,16-17H2,1-2H3/b13-9+. The number of rotatable bonds is 7. The molecule has 0 bridgehead atoms. The lowest BCUT2D eigenvalue weighted by atomic mass is 10.1. The Kier molecular flexibility index (Phi) is 6.63. The van der Waals surface area contributed by atoms with Crippen LogP contribution in [-0.2, 0) is 20.9 Å². The number of methoxy groups -OCH3 is 1. The number of likely N-dealkylation sites (N-methyl/N-ethyl adjacent to an activating group) is 1. The van der Waals surface area contributed by atoms with Gasteiger partial charge in [0.25, 0.3) is 5.91 Å². The molecule has 0 N–H and O–H groups in total. The van der Waals surface area contributed by atoms with Crippen molar-refractivity contribution in [1.82, 2.24) is 4.90 Å². The zero-order chi connectivity index (χ0) is 20.6. The van der Waals surface area contributed by atoms with E-state index in [2.05, 4.69) is 0 Å². The number of carbonyl (C=O) groups is 2. The molecule has 0 saturated carbocycles. The van der Waals surface area contributed by atoms with Crippen molar-refractivity contribution in [3.63, 3.8) is 0 Å². The molecule has 0 unspecified atom stereocenters. The summed E-state index contributed by atoms with van der Waals surface area (Å²) >= 11 is 0. The van der Waals surface area contributed by atoms with Crippen LogP contribution in [0.4, 0.5) is 0 Å². The molecule has 0 spiro atoms. The molecule has 3 aromatic rings. The zero-order valence-electron chi connectivity index (χ0n) is 16.5. The van der Waals surface area contributed by atoms with Gasteiger partial charge in [0, 0.05) is 19.7 Å². The maximum Gasteiger partial charge on any atom is 0.331 e. The Balaban J connectivity index is 1.52. The fraction of sp³-hybridized carbons (Fsp3) is 0.167. The first-order chi connectivity index (χ1) is 14.0. The highest BCUT2D eigenvalue weighted by atomic mass is 16.5. The first-order valence-corrected chi connectivity index (χ1v) is 9.26. The van der Waals surface area contributed by atoms with Gasteiger partial charge in [-0.3, -0.25) is 4.79 Å². The summed E-state index contributed by atoms with van der Waals surface area (Å²) in [6.45, 7) is 0.180. The fourth-order valence-corrected chi connectivity index (χ4v) is 2.87. The summed E-state index contributed by atoms with van der Waals surface area (Å²) in [5.74, 6) is -0.0113. The van der Waals surface area contributed by atoms with E-state index < -0.39 is 5.97 Å². The molecule has 0 saturated heterocycles. The van der Waals surface area contributed by atoms with Gasteiger partial charge in [0.1, 0.15) is 5.75 Å². The number of esters is 1. The SMILES string of the molecule is COc1ccc2cc(/C=C/C(=O)OCC(=O)N(C)Cc3ccccc3)ccc2c1. The Bertz CT molecular complexity index is 1030. The molecular weight excluding hydrogens is 366 g/mol. The van der Waals surface area contributed by atoms with Crippen molar-refractivity contribution in [2.24, 2.45) is 0 Å². The van der Waals surface area contributed by atoms with Gasteiger partial charge in [-0.05, 0) is 46.2 Å². The highest BCUT2D eigenvalue weighted by Crippen LogP contribution is 2.22. The summed E-state index contributed by atoms with van der Waals surface area (Å²) in [4.78, 5) is 25.6. The van der Waals surface area contributed by atoms with Crippen LogP contribution in [0.2, 0.25) is 0 Å². The first kappa shape index (κ1) is 20.1. The molecule has 0 aliphatic carbocycles. The van der Waals surface area contributed by atoms with Crippen molar-refractivity contribution in [2.45, 2.75) is 6.54 Å².